The summed E-state index contributed by atoms with van der Waals surface area (Å²) in [6, 6.07) is 0. The predicted octanol–water partition coefficient (Wildman–Crippen LogP) is -5.87. The van der Waals surface area contributed by atoms with Crippen molar-refractivity contribution in [3.8, 4) is 0 Å². The quantitative estimate of drug-likeness (QED) is 0.519. The molecule has 15 heavy (non-hydrogen) atoms. The van der Waals surface area contributed by atoms with Gasteiger partial charge in [0.15, 0.2) is 0 Å². The van der Waals surface area contributed by atoms with E-state index in [1.54, 1.807) is 0 Å². The van der Waals surface area contributed by atoms with Crippen molar-refractivity contribution in [3.63, 3.8) is 0 Å². The normalized spacial score (nSPS) is 11.3. The van der Waals surface area contributed by atoms with Crippen molar-refractivity contribution in [1.82, 2.24) is 0 Å². The summed E-state index contributed by atoms with van der Waals surface area (Å²) in [5.41, 5.74) is 0. The molecule has 0 aromatic carbocycles. The maximum absolute atomic E-state index is 9.07. The van der Waals surface area contributed by atoms with E-state index in [2.05, 4.69) is 18.1 Å². The molecule has 0 fully saturated rings. The Hall–Kier alpha value is 3.25. The maximum Gasteiger partial charge on any atom is 1.00 e. The van der Waals surface area contributed by atoms with Gasteiger partial charge in [-0.1, -0.05) is 0 Å². The molecule has 0 aromatic heterocycles. The Morgan fingerprint density at radius 1 is 1.40 bits per heavy atom. The fraction of sp³-hybridized carbons (Fsp3) is 1.00. The van der Waals surface area contributed by atoms with Crippen molar-refractivity contribution >= 4 is 48.2 Å². The third-order valence-corrected chi connectivity index (χ3v) is 1.82. The Labute approximate surface area is 159 Å². The van der Waals surface area contributed by atoms with E-state index in [0.29, 0.717) is 0 Å². The Balaban J connectivity index is -0.0000000770. The van der Waals surface area contributed by atoms with Gasteiger partial charge >= 0.3 is 128 Å². The number of aliphatic hydroxyl groups is 1. The third kappa shape index (κ3) is 46.9. The fourth-order valence-corrected chi connectivity index (χ4v) is 1.48. The monoisotopic (exact) mass is 282 g/mol. The summed E-state index contributed by atoms with van der Waals surface area (Å²) >= 11 is 4.48. The average molecular weight is 282 g/mol. The first kappa shape index (κ1) is 26.7. The van der Waals surface area contributed by atoms with Crippen molar-refractivity contribution in [2.75, 3.05) is 0 Å². The molecule has 0 heterocycles. The van der Waals surface area contributed by atoms with Gasteiger partial charge in [-0.05, 0) is 11.2 Å². The second kappa shape index (κ2) is 17.2. The van der Waals surface area contributed by atoms with Crippen LogP contribution in [0.5, 0.6) is 0 Å². The molecule has 1 unspecified atom stereocenters. The van der Waals surface area contributed by atoms with Crippen LogP contribution in [0.4, 0.5) is 0 Å². The molecule has 0 saturated heterocycles. The number of hydrogen-bond donors (Lipinski definition) is 1. The Morgan fingerprint density at radius 2 is 1.73 bits per heavy atom. The van der Waals surface area contributed by atoms with E-state index in [-0.39, 0.29) is 65.2 Å². The summed E-state index contributed by atoms with van der Waals surface area (Å²) < 4.78 is 27.9. The molecule has 0 amide bonds. The number of rotatable bonds is 4. The first-order chi connectivity index (χ1) is 5.81. The summed E-state index contributed by atoms with van der Waals surface area (Å²) in [6.07, 6.45) is 3.13. The van der Waals surface area contributed by atoms with Crippen LogP contribution in [0, 0.1) is 0 Å². The van der Waals surface area contributed by atoms with Gasteiger partial charge in [-0.3, -0.25) is 4.21 Å². The van der Waals surface area contributed by atoms with Crippen LogP contribution in [-0.4, -0.2) is 52.5 Å². The number of hydrogen-bond acceptors (Lipinski definition) is 5. The molecule has 0 aromatic rings. The Kier molecular flexibility index (Phi) is 30.8. The van der Waals surface area contributed by atoms with Gasteiger partial charge in [0, 0.05) is 0 Å². The van der Waals surface area contributed by atoms with Crippen LogP contribution in [0.2, 0.25) is 3.67 Å². The molecule has 4 nitrogen and oxygen atoms in total. The van der Waals surface area contributed by atoms with Gasteiger partial charge in [0.25, 0.3) is 0 Å². The van der Waals surface area contributed by atoms with Gasteiger partial charge in [0.1, 0.15) is 0 Å². The van der Waals surface area contributed by atoms with Crippen LogP contribution in [0.15, 0.2) is 0 Å². The van der Waals surface area contributed by atoms with Gasteiger partial charge in [-0.15, -0.1) is 9.05 Å². The molecule has 1 atom stereocenters. The average Bonchev–Trinajstić information content (AvgIpc) is 1.84. The Bertz CT molecular complexity index is 185. The zero-order chi connectivity index (χ0) is 10.9. The van der Waals surface area contributed by atoms with Crippen molar-refractivity contribution in [3.05, 3.63) is 0 Å². The molecule has 0 rings (SSSR count). The zero-order valence-corrected chi connectivity index (χ0v) is 17.5. The topological polar surface area (TPSA) is 83.4 Å². The summed E-state index contributed by atoms with van der Waals surface area (Å²) in [7, 11) is -4.33. The Morgan fingerprint density at radius 3 is 1.93 bits per heavy atom. The van der Waals surface area contributed by atoms with Crippen LogP contribution >= 0.6 is 0 Å². The van der Waals surface area contributed by atoms with Crippen molar-refractivity contribution in [2.24, 2.45) is 0 Å². The van der Waals surface area contributed by atoms with E-state index in [9.17, 15) is 0 Å². The molecule has 9 heteroatoms. The van der Waals surface area contributed by atoms with Crippen molar-refractivity contribution < 1.29 is 77.5 Å². The smallest absolute Gasteiger partial charge is 0.780 e. The van der Waals surface area contributed by atoms with Crippen molar-refractivity contribution in [2.45, 2.75) is 36.0 Å². The molecule has 0 radical (unpaired) electrons. The van der Waals surface area contributed by atoms with Gasteiger partial charge in [0.05, 0.1) is 0 Å². The van der Waals surface area contributed by atoms with E-state index >= 15 is 0 Å². The molecular formula is C6H13Na3O4S2. The summed E-state index contributed by atoms with van der Waals surface area (Å²) in [6.45, 7) is 2.11. The minimum Gasteiger partial charge on any atom is -0.780 e. The van der Waals surface area contributed by atoms with Crippen LogP contribution in [0.1, 0.15) is 26.2 Å². The second-order valence-electron chi connectivity index (χ2n) is 2.64. The largest absolute Gasteiger partial charge is 1.00 e. The third-order valence-electron chi connectivity index (χ3n) is 1.24. The maximum atomic E-state index is 9.07. The first-order valence-electron chi connectivity index (χ1n) is 4.16. The number of aliphatic hydroxyl groups excluding tert-OH is 1. The second-order valence-corrected chi connectivity index (χ2v) is 5.68. The van der Waals surface area contributed by atoms with Crippen LogP contribution in [0.3, 0.4) is 0 Å². The van der Waals surface area contributed by atoms with Crippen molar-refractivity contribution in [1.29, 1.82) is 0 Å². The van der Waals surface area contributed by atoms with Crippen LogP contribution in [0.25, 0.3) is 0 Å². The zero-order valence-electron chi connectivity index (χ0n) is 9.89. The molecule has 0 aliphatic heterocycles. The molecule has 0 saturated carbocycles. The predicted molar refractivity (Wildman–Crippen MR) is 53.2 cm³/mol. The van der Waals surface area contributed by atoms with Crippen LogP contribution < -0.4 is 59.1 Å². The molecule has 0 spiro atoms. The van der Waals surface area contributed by atoms with E-state index in [1.807, 2.05) is 0 Å². The molecule has 0 aliphatic carbocycles. The fourth-order valence-electron chi connectivity index (χ4n) is 0.811. The molecule has 1 N–H and O–H groups in total. The standard InChI is InChI=1S/C6H13O.3Na.H2O3S2/c1-3-5-6(7)4-2;;;;1-5(2,3)4/h6-7H,2-5H2,1H3;;;;(H2,1,2,3,4)/q;;2*+1;/p-2. The molecule has 0 bridgehead atoms. The van der Waals surface area contributed by atoms with Gasteiger partial charge in [0.2, 0.25) is 0 Å². The van der Waals surface area contributed by atoms with Gasteiger partial charge in [-0.25, -0.2) is 0 Å². The van der Waals surface area contributed by atoms with Gasteiger partial charge < -0.3 is 9.11 Å². The molecular weight excluding hydrogens is 269 g/mol. The SMILES string of the molecule is CCCC(O)C[CH2][Na].O=S([O-])([O-])=S.[Na+].[Na+]. The van der Waals surface area contributed by atoms with E-state index in [1.165, 1.54) is 31.6 Å². The minimum atomic E-state index is -4.33. The summed E-state index contributed by atoms with van der Waals surface area (Å²) in [5.74, 6) is 0. The van der Waals surface area contributed by atoms with Crippen LogP contribution in [-0.2, 0) is 20.2 Å². The summed E-state index contributed by atoms with van der Waals surface area (Å²) in [4.78, 5) is 0. The minimum absolute atomic E-state index is 0. The molecule has 76 valence electrons. The van der Waals surface area contributed by atoms with E-state index < -0.39 is 9.05 Å². The first-order valence-corrected chi connectivity index (χ1v) is 7.90. The molecule has 0 aliphatic rings. The van der Waals surface area contributed by atoms with Gasteiger partial charge in [-0.2, -0.15) is 0 Å². The van der Waals surface area contributed by atoms with E-state index in [0.717, 1.165) is 19.3 Å². The summed E-state index contributed by atoms with van der Waals surface area (Å²) in [5, 5.41) is 9.07. The van der Waals surface area contributed by atoms with E-state index in [4.69, 9.17) is 18.4 Å².